The van der Waals surface area contributed by atoms with Gasteiger partial charge >= 0.3 is 0 Å². The second-order valence-corrected chi connectivity index (χ2v) is 6.26. The molecule has 0 aliphatic carbocycles. The molecule has 0 saturated carbocycles. The molecule has 0 saturated heterocycles. The molecule has 3 aromatic rings. The molecule has 0 radical (unpaired) electrons. The highest BCUT2D eigenvalue weighted by molar-refractivity contribution is 14.0. The van der Waals surface area contributed by atoms with E-state index in [1.165, 1.54) is 0 Å². The second-order valence-electron chi connectivity index (χ2n) is 5.82. The molecule has 2 aromatic heterocycles. The number of benzene rings is 1. The average Bonchev–Trinajstić information content (AvgIpc) is 3.35. The van der Waals surface area contributed by atoms with Crippen LogP contribution in [0.4, 0.5) is 0 Å². The van der Waals surface area contributed by atoms with Gasteiger partial charge in [0.25, 0.3) is 0 Å². The lowest BCUT2D eigenvalue weighted by molar-refractivity contribution is 0.378. The summed E-state index contributed by atoms with van der Waals surface area (Å²) in [4.78, 5) is 8.61. The Morgan fingerprint density at radius 3 is 2.86 bits per heavy atom. The van der Waals surface area contributed by atoms with E-state index in [1.54, 1.807) is 13.2 Å². The summed E-state index contributed by atoms with van der Waals surface area (Å²) in [6.07, 6.45) is 5.29. The van der Waals surface area contributed by atoms with E-state index in [0.29, 0.717) is 29.7 Å². The summed E-state index contributed by atoms with van der Waals surface area (Å²) in [6.45, 7) is 2.31. The SMILES string of the molecule is CN=C(NCCCn1cccn1)NCCc1nc(-c2cccc(Cl)c2)no1.I. The number of hydrogen-bond acceptors (Lipinski definition) is 5. The van der Waals surface area contributed by atoms with Gasteiger partial charge in [0.2, 0.25) is 11.7 Å². The van der Waals surface area contributed by atoms with Gasteiger partial charge in [-0.25, -0.2) is 0 Å². The smallest absolute Gasteiger partial charge is 0.228 e. The molecule has 28 heavy (non-hydrogen) atoms. The van der Waals surface area contributed by atoms with Crippen LogP contribution < -0.4 is 10.6 Å². The van der Waals surface area contributed by atoms with Gasteiger partial charge in [0.05, 0.1) is 0 Å². The first-order chi connectivity index (χ1) is 13.2. The summed E-state index contributed by atoms with van der Waals surface area (Å²) >= 11 is 6.00. The average molecular weight is 516 g/mol. The van der Waals surface area contributed by atoms with E-state index < -0.39 is 0 Å². The fraction of sp³-hybridized carbons (Fsp3) is 0.333. The predicted molar refractivity (Wildman–Crippen MR) is 120 cm³/mol. The van der Waals surface area contributed by atoms with Crippen LogP contribution in [0.2, 0.25) is 5.02 Å². The Hall–Kier alpha value is -2.14. The van der Waals surface area contributed by atoms with E-state index in [9.17, 15) is 0 Å². The molecule has 0 bridgehead atoms. The fourth-order valence-corrected chi connectivity index (χ4v) is 2.68. The van der Waals surface area contributed by atoms with Crippen molar-refractivity contribution in [3.8, 4) is 11.4 Å². The van der Waals surface area contributed by atoms with Crippen LogP contribution in [0.15, 0.2) is 52.2 Å². The minimum Gasteiger partial charge on any atom is -0.356 e. The zero-order chi connectivity index (χ0) is 18.9. The van der Waals surface area contributed by atoms with Crippen molar-refractivity contribution in [3.63, 3.8) is 0 Å². The van der Waals surface area contributed by atoms with Crippen molar-refractivity contribution in [1.82, 2.24) is 30.6 Å². The molecule has 1 aromatic carbocycles. The van der Waals surface area contributed by atoms with E-state index >= 15 is 0 Å². The van der Waals surface area contributed by atoms with Crippen molar-refractivity contribution >= 4 is 41.5 Å². The first-order valence-electron chi connectivity index (χ1n) is 8.75. The first-order valence-corrected chi connectivity index (χ1v) is 9.13. The van der Waals surface area contributed by atoms with Crippen molar-refractivity contribution in [2.24, 2.45) is 4.99 Å². The molecule has 0 aliphatic heterocycles. The number of aryl methyl sites for hydroxylation is 1. The quantitative estimate of drug-likeness (QED) is 0.207. The summed E-state index contributed by atoms with van der Waals surface area (Å²) in [5.41, 5.74) is 0.833. The van der Waals surface area contributed by atoms with Gasteiger partial charge < -0.3 is 15.2 Å². The molecule has 10 heteroatoms. The number of aliphatic imine (C=N–C) groups is 1. The Balaban J connectivity index is 0.00000280. The van der Waals surface area contributed by atoms with Crippen molar-refractivity contribution in [1.29, 1.82) is 0 Å². The van der Waals surface area contributed by atoms with Crippen LogP contribution in [0, 0.1) is 0 Å². The van der Waals surface area contributed by atoms with E-state index in [0.717, 1.165) is 31.0 Å². The minimum absolute atomic E-state index is 0. The largest absolute Gasteiger partial charge is 0.356 e. The normalized spacial score (nSPS) is 11.1. The lowest BCUT2D eigenvalue weighted by atomic mass is 10.2. The number of guanidine groups is 1. The zero-order valence-electron chi connectivity index (χ0n) is 15.5. The molecule has 0 amide bonds. The van der Waals surface area contributed by atoms with E-state index in [2.05, 4.69) is 30.9 Å². The number of nitrogens with zero attached hydrogens (tertiary/aromatic N) is 5. The maximum Gasteiger partial charge on any atom is 0.228 e. The topological polar surface area (TPSA) is 93.2 Å². The fourth-order valence-electron chi connectivity index (χ4n) is 2.49. The molecule has 0 atom stereocenters. The number of hydrogen-bond donors (Lipinski definition) is 2. The summed E-state index contributed by atoms with van der Waals surface area (Å²) in [5, 5.41) is 15.3. The predicted octanol–water partition coefficient (Wildman–Crippen LogP) is 3.00. The molecule has 150 valence electrons. The Morgan fingerprint density at radius 1 is 1.25 bits per heavy atom. The maximum atomic E-state index is 6.00. The second kappa shape index (κ2) is 11.6. The van der Waals surface area contributed by atoms with Crippen LogP contribution in [0.25, 0.3) is 11.4 Å². The van der Waals surface area contributed by atoms with Crippen LogP contribution in [0.1, 0.15) is 12.3 Å². The van der Waals surface area contributed by atoms with Gasteiger partial charge in [0.15, 0.2) is 5.96 Å². The van der Waals surface area contributed by atoms with E-state index in [4.69, 9.17) is 16.1 Å². The van der Waals surface area contributed by atoms with Gasteiger partial charge in [-0.05, 0) is 24.6 Å². The van der Waals surface area contributed by atoms with Crippen molar-refractivity contribution in [2.75, 3.05) is 20.1 Å². The molecule has 3 rings (SSSR count). The van der Waals surface area contributed by atoms with Crippen LogP contribution in [0.3, 0.4) is 0 Å². The highest BCUT2D eigenvalue weighted by Gasteiger charge is 2.09. The van der Waals surface area contributed by atoms with Gasteiger partial charge in [-0.3, -0.25) is 9.67 Å². The molecule has 0 fully saturated rings. The van der Waals surface area contributed by atoms with Gasteiger partial charge in [0, 0.05) is 56.1 Å². The van der Waals surface area contributed by atoms with Crippen molar-refractivity contribution in [3.05, 3.63) is 53.6 Å². The van der Waals surface area contributed by atoms with Gasteiger partial charge in [-0.15, -0.1) is 24.0 Å². The third kappa shape index (κ3) is 6.79. The van der Waals surface area contributed by atoms with E-state index in [-0.39, 0.29) is 24.0 Å². The summed E-state index contributed by atoms with van der Waals surface area (Å²) in [7, 11) is 1.74. The third-order valence-corrected chi connectivity index (χ3v) is 4.06. The molecule has 0 unspecified atom stereocenters. The molecular formula is C18H23ClIN7O. The zero-order valence-corrected chi connectivity index (χ0v) is 18.6. The van der Waals surface area contributed by atoms with Crippen LogP contribution >= 0.6 is 35.6 Å². The number of nitrogens with one attached hydrogen (secondary N) is 2. The molecule has 2 N–H and O–H groups in total. The highest BCUT2D eigenvalue weighted by Crippen LogP contribution is 2.19. The van der Waals surface area contributed by atoms with Crippen LogP contribution in [-0.4, -0.2) is 46.0 Å². The van der Waals surface area contributed by atoms with E-state index in [1.807, 2.05) is 41.2 Å². The molecule has 0 spiro atoms. The van der Waals surface area contributed by atoms with Crippen molar-refractivity contribution < 1.29 is 4.52 Å². The number of halogens is 2. The minimum atomic E-state index is 0. The molecule has 2 heterocycles. The maximum absolute atomic E-state index is 6.00. The first kappa shape index (κ1) is 22.2. The molecule has 8 nitrogen and oxygen atoms in total. The lowest BCUT2D eigenvalue weighted by Gasteiger charge is -2.11. The van der Waals surface area contributed by atoms with Crippen LogP contribution in [-0.2, 0) is 13.0 Å². The number of rotatable bonds is 8. The standard InChI is InChI=1S/C18H22ClN7O.HI/c1-20-18(21-8-3-11-26-12-4-9-23-26)22-10-7-16-24-17(25-27-16)14-5-2-6-15(19)13-14;/h2,4-6,9,12-13H,3,7-8,10-11H2,1H3,(H2,20,21,22);1H. The third-order valence-electron chi connectivity index (χ3n) is 3.82. The Morgan fingerprint density at radius 2 is 2.11 bits per heavy atom. The summed E-state index contributed by atoms with van der Waals surface area (Å²) < 4.78 is 7.21. The van der Waals surface area contributed by atoms with Gasteiger partial charge in [-0.2, -0.15) is 10.1 Å². The van der Waals surface area contributed by atoms with Crippen LogP contribution in [0.5, 0.6) is 0 Å². The van der Waals surface area contributed by atoms with Crippen molar-refractivity contribution in [2.45, 2.75) is 19.4 Å². The Labute approximate surface area is 185 Å². The molecular weight excluding hydrogens is 493 g/mol. The lowest BCUT2D eigenvalue weighted by Crippen LogP contribution is -2.39. The highest BCUT2D eigenvalue weighted by atomic mass is 127. The van der Waals surface area contributed by atoms with Gasteiger partial charge in [0.1, 0.15) is 0 Å². The monoisotopic (exact) mass is 515 g/mol. The summed E-state index contributed by atoms with van der Waals surface area (Å²) in [5.74, 6) is 1.84. The Bertz CT molecular complexity index is 866. The van der Waals surface area contributed by atoms with Gasteiger partial charge in [-0.1, -0.05) is 28.9 Å². The number of aromatic nitrogens is 4. The Kier molecular flexibility index (Phi) is 9.21. The summed E-state index contributed by atoms with van der Waals surface area (Å²) in [6, 6.07) is 9.29. The molecule has 0 aliphatic rings.